The van der Waals surface area contributed by atoms with Crippen LogP contribution in [0.2, 0.25) is 0 Å². The van der Waals surface area contributed by atoms with Gasteiger partial charge in [-0.3, -0.25) is 0 Å². The first-order chi connectivity index (χ1) is 21.6. The molecular weight excluding hydrogens is 540 g/mol. The number of ether oxygens (including phenoxy) is 3. The summed E-state index contributed by atoms with van der Waals surface area (Å²) in [5, 5.41) is 0. The highest BCUT2D eigenvalue weighted by Crippen LogP contribution is 2.27. The van der Waals surface area contributed by atoms with Gasteiger partial charge in [0.2, 0.25) is 0 Å². The Morgan fingerprint density at radius 2 is 0.523 bits per heavy atom. The van der Waals surface area contributed by atoms with Crippen LogP contribution in [0.25, 0.3) is 0 Å². The van der Waals surface area contributed by atoms with Gasteiger partial charge in [-0.1, -0.05) is 208 Å². The fraction of sp³-hybridized carbons (Fsp3) is 1.00. The molecule has 0 unspecified atom stereocenters. The summed E-state index contributed by atoms with van der Waals surface area (Å²) in [7, 11) is 0. The van der Waals surface area contributed by atoms with E-state index in [0.29, 0.717) is 5.92 Å². The van der Waals surface area contributed by atoms with Gasteiger partial charge in [-0.05, 0) is 25.2 Å². The number of hydrogen-bond acceptors (Lipinski definition) is 3. The Balaban J connectivity index is 4.48. The zero-order valence-corrected chi connectivity index (χ0v) is 31.3. The van der Waals surface area contributed by atoms with Gasteiger partial charge in [-0.25, -0.2) is 0 Å². The molecular formula is C41H84O3. The first-order valence-electron chi connectivity index (χ1n) is 20.5. The monoisotopic (exact) mass is 625 g/mol. The van der Waals surface area contributed by atoms with E-state index in [9.17, 15) is 0 Å². The standard InChI is InChI=1S/C41H84O3/c1-6-9-12-15-18-21-24-27-30-33-36-42-41(39-40(4)5,43-37-34-31-28-25-22-19-16-13-10-7-2)44-38-35-32-29-26-23-20-17-14-11-8-3/h40H,6-39H2,1-5H3. The highest BCUT2D eigenvalue weighted by Gasteiger charge is 2.34. The number of unbranched alkanes of at least 4 members (excludes halogenated alkanes) is 27. The van der Waals surface area contributed by atoms with Crippen molar-refractivity contribution in [2.75, 3.05) is 19.8 Å². The number of rotatable bonds is 38. The zero-order valence-electron chi connectivity index (χ0n) is 31.3. The quantitative estimate of drug-likeness (QED) is 0.0505. The molecule has 0 aliphatic heterocycles. The van der Waals surface area contributed by atoms with Crippen LogP contribution in [0.15, 0.2) is 0 Å². The SMILES string of the molecule is CCCCCCCCCCCCOC(CC(C)C)(OCCCCCCCCCCCC)OCCCCCCCCCCCC. The second-order valence-electron chi connectivity index (χ2n) is 14.4. The third-order valence-electron chi connectivity index (χ3n) is 9.12. The van der Waals surface area contributed by atoms with E-state index in [1.807, 2.05) is 0 Å². The van der Waals surface area contributed by atoms with Crippen LogP contribution in [0.1, 0.15) is 234 Å². The fourth-order valence-electron chi connectivity index (χ4n) is 6.25. The molecule has 0 heterocycles. The molecule has 0 saturated heterocycles. The van der Waals surface area contributed by atoms with E-state index >= 15 is 0 Å². The summed E-state index contributed by atoms with van der Waals surface area (Å²) < 4.78 is 19.7. The lowest BCUT2D eigenvalue weighted by Crippen LogP contribution is -2.41. The minimum Gasteiger partial charge on any atom is -0.327 e. The molecule has 0 aliphatic carbocycles. The Morgan fingerprint density at radius 3 is 0.727 bits per heavy atom. The van der Waals surface area contributed by atoms with Gasteiger partial charge in [0.15, 0.2) is 0 Å². The maximum absolute atomic E-state index is 6.55. The lowest BCUT2D eigenvalue weighted by atomic mass is 10.1. The summed E-state index contributed by atoms with van der Waals surface area (Å²) in [6.07, 6.45) is 41.1. The van der Waals surface area contributed by atoms with Crippen molar-refractivity contribution in [1.82, 2.24) is 0 Å². The van der Waals surface area contributed by atoms with Gasteiger partial charge in [0.1, 0.15) is 0 Å². The predicted molar refractivity (Wildman–Crippen MR) is 196 cm³/mol. The highest BCUT2D eigenvalue weighted by atomic mass is 16.9. The molecule has 0 N–H and O–H groups in total. The van der Waals surface area contributed by atoms with Crippen molar-refractivity contribution in [3.63, 3.8) is 0 Å². The topological polar surface area (TPSA) is 27.7 Å². The summed E-state index contributed by atoms with van der Waals surface area (Å²) in [5.41, 5.74) is 0. The second-order valence-corrected chi connectivity index (χ2v) is 14.4. The summed E-state index contributed by atoms with van der Waals surface area (Å²) in [6.45, 7) is 13.7. The molecule has 0 bridgehead atoms. The summed E-state index contributed by atoms with van der Waals surface area (Å²) in [6, 6.07) is 0. The van der Waals surface area contributed by atoms with Crippen LogP contribution in [0, 0.1) is 5.92 Å². The van der Waals surface area contributed by atoms with Crippen LogP contribution in [0.4, 0.5) is 0 Å². The normalized spacial score (nSPS) is 12.1. The average molecular weight is 625 g/mol. The third-order valence-corrected chi connectivity index (χ3v) is 9.12. The Labute approximate surface area is 279 Å². The van der Waals surface area contributed by atoms with Crippen LogP contribution in [0.5, 0.6) is 0 Å². The Bertz CT molecular complexity index is 455. The van der Waals surface area contributed by atoms with E-state index in [0.717, 1.165) is 45.5 Å². The Kier molecular flexibility index (Phi) is 35.6. The van der Waals surface area contributed by atoms with Crippen LogP contribution in [-0.4, -0.2) is 25.8 Å². The molecule has 3 heteroatoms. The zero-order chi connectivity index (χ0) is 32.2. The molecule has 3 nitrogen and oxygen atoms in total. The molecule has 0 saturated carbocycles. The van der Waals surface area contributed by atoms with Gasteiger partial charge in [0.05, 0.1) is 19.8 Å². The van der Waals surface area contributed by atoms with Gasteiger partial charge in [-0.15, -0.1) is 0 Å². The molecule has 0 fully saturated rings. The van der Waals surface area contributed by atoms with Crippen LogP contribution in [0.3, 0.4) is 0 Å². The molecule has 0 amide bonds. The Hall–Kier alpha value is -0.120. The van der Waals surface area contributed by atoms with Crippen molar-refractivity contribution in [1.29, 1.82) is 0 Å². The summed E-state index contributed by atoms with van der Waals surface area (Å²) in [5.74, 6) is -0.380. The van der Waals surface area contributed by atoms with Crippen molar-refractivity contribution >= 4 is 0 Å². The van der Waals surface area contributed by atoms with Crippen LogP contribution >= 0.6 is 0 Å². The first-order valence-corrected chi connectivity index (χ1v) is 20.5. The highest BCUT2D eigenvalue weighted by molar-refractivity contribution is 4.64. The number of hydrogen-bond donors (Lipinski definition) is 0. The maximum Gasteiger partial charge on any atom is 0.283 e. The van der Waals surface area contributed by atoms with E-state index in [-0.39, 0.29) is 0 Å². The predicted octanol–water partition coefficient (Wildman–Crippen LogP) is 14.5. The van der Waals surface area contributed by atoms with Gasteiger partial charge < -0.3 is 14.2 Å². The van der Waals surface area contributed by atoms with Gasteiger partial charge in [0, 0.05) is 6.42 Å². The largest absolute Gasteiger partial charge is 0.327 e. The van der Waals surface area contributed by atoms with Gasteiger partial charge in [-0.2, -0.15) is 0 Å². The van der Waals surface area contributed by atoms with E-state index in [2.05, 4.69) is 34.6 Å². The maximum atomic E-state index is 6.55. The lowest BCUT2D eigenvalue weighted by molar-refractivity contribution is -0.387. The van der Waals surface area contributed by atoms with E-state index < -0.39 is 5.97 Å². The van der Waals surface area contributed by atoms with Crippen molar-refractivity contribution in [3.05, 3.63) is 0 Å². The molecule has 0 radical (unpaired) electrons. The lowest BCUT2D eigenvalue weighted by Gasteiger charge is -2.35. The van der Waals surface area contributed by atoms with Crippen molar-refractivity contribution in [3.8, 4) is 0 Å². The Morgan fingerprint density at radius 1 is 0.318 bits per heavy atom. The minimum absolute atomic E-state index is 0.475. The fourth-order valence-corrected chi connectivity index (χ4v) is 6.25. The van der Waals surface area contributed by atoms with Gasteiger partial charge >= 0.3 is 0 Å². The summed E-state index contributed by atoms with van der Waals surface area (Å²) in [4.78, 5) is 0. The van der Waals surface area contributed by atoms with Crippen LogP contribution < -0.4 is 0 Å². The minimum atomic E-state index is -0.855. The van der Waals surface area contributed by atoms with E-state index in [1.165, 1.54) is 173 Å². The van der Waals surface area contributed by atoms with Crippen molar-refractivity contribution in [2.24, 2.45) is 5.92 Å². The third kappa shape index (κ3) is 31.8. The molecule has 0 aromatic rings. The molecule has 0 spiro atoms. The second kappa shape index (κ2) is 35.7. The molecule has 0 atom stereocenters. The van der Waals surface area contributed by atoms with E-state index in [1.54, 1.807) is 0 Å². The van der Waals surface area contributed by atoms with Crippen LogP contribution in [-0.2, 0) is 14.2 Å². The molecule has 0 aliphatic rings. The van der Waals surface area contributed by atoms with Crippen molar-refractivity contribution < 1.29 is 14.2 Å². The first kappa shape index (κ1) is 43.9. The molecule has 0 aromatic carbocycles. The molecule has 44 heavy (non-hydrogen) atoms. The average Bonchev–Trinajstić information content (AvgIpc) is 3.01. The van der Waals surface area contributed by atoms with Crippen molar-refractivity contribution in [2.45, 2.75) is 240 Å². The molecule has 266 valence electrons. The van der Waals surface area contributed by atoms with E-state index in [4.69, 9.17) is 14.2 Å². The van der Waals surface area contributed by atoms with Gasteiger partial charge in [0.25, 0.3) is 5.97 Å². The smallest absolute Gasteiger partial charge is 0.283 e. The summed E-state index contributed by atoms with van der Waals surface area (Å²) >= 11 is 0. The molecule has 0 aromatic heterocycles. The molecule has 0 rings (SSSR count).